The van der Waals surface area contributed by atoms with E-state index in [-0.39, 0.29) is 36.6 Å². The zero-order valence-electron chi connectivity index (χ0n) is 8.90. The summed E-state index contributed by atoms with van der Waals surface area (Å²) in [5, 5.41) is 0.755. The number of aromatic nitrogens is 1. The third-order valence-electron chi connectivity index (χ3n) is 2.39. The van der Waals surface area contributed by atoms with Crippen LogP contribution in [0.25, 0.3) is 11.0 Å². The van der Waals surface area contributed by atoms with Crippen LogP contribution in [0.3, 0.4) is 0 Å². The van der Waals surface area contributed by atoms with Crippen LogP contribution in [0.2, 0.25) is 0 Å². The molecule has 0 bridgehead atoms. The van der Waals surface area contributed by atoms with Gasteiger partial charge in [-0.15, -0.1) is 24.8 Å². The minimum absolute atomic E-state index is 0. The molecular weight excluding hydrogens is 279 g/mol. The summed E-state index contributed by atoms with van der Waals surface area (Å²) in [7, 11) is 0. The van der Waals surface area contributed by atoms with Crippen molar-refractivity contribution in [1.29, 1.82) is 0 Å². The molecule has 0 fully saturated rings. The Bertz CT molecular complexity index is 618. The van der Waals surface area contributed by atoms with Gasteiger partial charge in [0.1, 0.15) is 5.69 Å². The highest BCUT2D eigenvalue weighted by Gasteiger charge is 2.27. The van der Waals surface area contributed by atoms with Gasteiger partial charge in [-0.2, -0.15) is 0 Å². The summed E-state index contributed by atoms with van der Waals surface area (Å²) < 4.78 is 5.24. The van der Waals surface area contributed by atoms with Crippen molar-refractivity contribution in [2.45, 2.75) is 0 Å². The quantitative estimate of drug-likeness (QED) is 0.753. The summed E-state index contributed by atoms with van der Waals surface area (Å²) in [5.41, 5.74) is 0.864. The number of nitrogens with zero attached hydrogens (tertiary/aromatic N) is 2. The zero-order valence-corrected chi connectivity index (χ0v) is 10.5. The van der Waals surface area contributed by atoms with Crippen molar-refractivity contribution in [3.63, 3.8) is 0 Å². The van der Waals surface area contributed by atoms with E-state index in [1.54, 1.807) is 12.3 Å². The van der Waals surface area contributed by atoms with Crippen molar-refractivity contribution < 1.29 is 14.0 Å². The van der Waals surface area contributed by atoms with E-state index in [9.17, 15) is 9.59 Å². The van der Waals surface area contributed by atoms with Crippen LogP contribution in [0.1, 0.15) is 0 Å². The molecule has 7 heteroatoms. The van der Waals surface area contributed by atoms with Gasteiger partial charge in [0.05, 0.1) is 12.5 Å². The third-order valence-corrected chi connectivity index (χ3v) is 2.39. The smallest absolute Gasteiger partial charge is 0.258 e. The number of imide groups is 1. The Labute approximate surface area is 114 Å². The minimum Gasteiger partial charge on any atom is -0.462 e. The predicted molar refractivity (Wildman–Crippen MR) is 70.1 cm³/mol. The average molecular weight is 287 g/mol. The standard InChI is InChI=1S/C11H6N2O3.2ClH/c14-9-1-2-10(15)13(9)8-6-12-5-7-3-4-16-11(7)8;;/h1-6H;2*1H. The lowest BCUT2D eigenvalue weighted by Gasteiger charge is -2.12. The SMILES string of the molecule is Cl.Cl.O=C1C=CC(=O)N1c1cncc2ccoc12. The Balaban J connectivity index is 0.000000810. The fourth-order valence-corrected chi connectivity index (χ4v) is 1.67. The van der Waals surface area contributed by atoms with Crippen molar-refractivity contribution >= 4 is 53.3 Å². The molecule has 3 heterocycles. The van der Waals surface area contributed by atoms with E-state index < -0.39 is 0 Å². The van der Waals surface area contributed by atoms with E-state index >= 15 is 0 Å². The first kappa shape index (κ1) is 14.2. The maximum Gasteiger partial charge on any atom is 0.258 e. The molecule has 0 saturated heterocycles. The molecule has 3 rings (SSSR count). The Morgan fingerprint density at radius 3 is 2.39 bits per heavy atom. The first-order valence-corrected chi connectivity index (χ1v) is 4.65. The lowest BCUT2D eigenvalue weighted by atomic mass is 10.3. The molecule has 2 aromatic rings. The van der Waals surface area contributed by atoms with Gasteiger partial charge in [0.25, 0.3) is 11.8 Å². The van der Waals surface area contributed by atoms with Crippen LogP contribution in [-0.4, -0.2) is 16.8 Å². The van der Waals surface area contributed by atoms with E-state index in [0.717, 1.165) is 10.3 Å². The molecule has 2 aromatic heterocycles. The second kappa shape index (κ2) is 5.20. The van der Waals surface area contributed by atoms with Crippen LogP contribution in [0.5, 0.6) is 0 Å². The van der Waals surface area contributed by atoms with Gasteiger partial charge in [0.2, 0.25) is 0 Å². The van der Waals surface area contributed by atoms with Crippen LogP contribution in [0.4, 0.5) is 5.69 Å². The molecule has 1 aliphatic rings. The number of hydrogen-bond donors (Lipinski definition) is 0. The van der Waals surface area contributed by atoms with Gasteiger partial charge < -0.3 is 4.42 Å². The number of carbonyl (C=O) groups is 2. The Morgan fingerprint density at radius 2 is 1.72 bits per heavy atom. The van der Waals surface area contributed by atoms with E-state index in [2.05, 4.69) is 4.98 Å². The molecule has 0 unspecified atom stereocenters. The number of pyridine rings is 1. The summed E-state index contributed by atoms with van der Waals surface area (Å²) in [5.74, 6) is -0.758. The Hall–Kier alpha value is -1.85. The zero-order chi connectivity index (χ0) is 11.1. The molecule has 0 aliphatic carbocycles. The highest BCUT2D eigenvalue weighted by atomic mass is 35.5. The second-order valence-corrected chi connectivity index (χ2v) is 3.34. The van der Waals surface area contributed by atoms with Crippen molar-refractivity contribution in [2.24, 2.45) is 0 Å². The second-order valence-electron chi connectivity index (χ2n) is 3.34. The molecule has 0 saturated carbocycles. The van der Waals surface area contributed by atoms with Gasteiger partial charge in [-0.3, -0.25) is 14.6 Å². The van der Waals surface area contributed by atoms with Crippen LogP contribution in [0, 0.1) is 0 Å². The highest BCUT2D eigenvalue weighted by molar-refractivity contribution is 6.29. The van der Waals surface area contributed by atoms with Crippen LogP contribution in [0.15, 0.2) is 41.3 Å². The number of carbonyl (C=O) groups excluding carboxylic acids is 2. The Kier molecular flexibility index (Phi) is 4.11. The van der Waals surface area contributed by atoms with E-state index in [4.69, 9.17) is 4.42 Å². The maximum atomic E-state index is 11.5. The summed E-state index contributed by atoms with van der Waals surface area (Å²) in [6.45, 7) is 0. The van der Waals surface area contributed by atoms with Crippen LogP contribution >= 0.6 is 24.8 Å². The molecule has 2 amide bonds. The molecule has 0 spiro atoms. The van der Waals surface area contributed by atoms with E-state index in [1.165, 1.54) is 24.6 Å². The fraction of sp³-hybridized carbons (Fsp3) is 0. The topological polar surface area (TPSA) is 63.4 Å². The lowest BCUT2D eigenvalue weighted by molar-refractivity contribution is -0.119. The first-order chi connectivity index (χ1) is 7.77. The molecule has 94 valence electrons. The third kappa shape index (κ3) is 1.98. The van der Waals surface area contributed by atoms with Gasteiger partial charge in [-0.1, -0.05) is 0 Å². The molecule has 18 heavy (non-hydrogen) atoms. The van der Waals surface area contributed by atoms with E-state index in [0.29, 0.717) is 11.3 Å². The normalized spacial score (nSPS) is 13.7. The number of anilines is 1. The largest absolute Gasteiger partial charge is 0.462 e. The number of fused-ring (bicyclic) bond motifs is 1. The van der Waals surface area contributed by atoms with E-state index in [1.807, 2.05) is 0 Å². The monoisotopic (exact) mass is 286 g/mol. The molecule has 0 atom stereocenters. The number of furan rings is 1. The molecular formula is C11H8Cl2N2O3. The summed E-state index contributed by atoms with van der Waals surface area (Å²) in [6.07, 6.45) is 7.00. The lowest BCUT2D eigenvalue weighted by Crippen LogP contribution is -2.29. The van der Waals surface area contributed by atoms with Crippen molar-refractivity contribution in [1.82, 2.24) is 4.98 Å². The summed E-state index contributed by atoms with van der Waals surface area (Å²) in [6, 6.07) is 1.73. The minimum atomic E-state index is -0.379. The van der Waals surface area contributed by atoms with Crippen LogP contribution < -0.4 is 4.90 Å². The summed E-state index contributed by atoms with van der Waals surface area (Å²) >= 11 is 0. The Morgan fingerprint density at radius 1 is 1.06 bits per heavy atom. The van der Waals surface area contributed by atoms with Crippen molar-refractivity contribution in [3.05, 3.63) is 36.9 Å². The van der Waals surface area contributed by atoms with Gasteiger partial charge in [-0.25, -0.2) is 4.90 Å². The number of rotatable bonds is 1. The molecule has 0 N–H and O–H groups in total. The van der Waals surface area contributed by atoms with Gasteiger partial charge in [0, 0.05) is 23.7 Å². The first-order valence-electron chi connectivity index (χ1n) is 4.65. The number of amides is 2. The molecule has 0 aromatic carbocycles. The fourth-order valence-electron chi connectivity index (χ4n) is 1.67. The summed E-state index contributed by atoms with van der Waals surface area (Å²) in [4.78, 5) is 28.0. The van der Waals surface area contributed by atoms with Crippen LogP contribution in [-0.2, 0) is 9.59 Å². The molecule has 0 radical (unpaired) electrons. The molecule has 5 nitrogen and oxygen atoms in total. The van der Waals surface area contributed by atoms with Gasteiger partial charge >= 0.3 is 0 Å². The average Bonchev–Trinajstić information content (AvgIpc) is 2.86. The molecule has 1 aliphatic heterocycles. The predicted octanol–water partition coefficient (Wildman–Crippen LogP) is 2.10. The highest BCUT2D eigenvalue weighted by Crippen LogP contribution is 2.28. The number of halogens is 2. The maximum absolute atomic E-state index is 11.5. The van der Waals surface area contributed by atoms with Crippen molar-refractivity contribution in [3.8, 4) is 0 Å². The van der Waals surface area contributed by atoms with Gasteiger partial charge in [-0.05, 0) is 6.07 Å². The van der Waals surface area contributed by atoms with Gasteiger partial charge in [0.15, 0.2) is 5.58 Å². The van der Waals surface area contributed by atoms with Crippen molar-refractivity contribution in [2.75, 3.05) is 4.90 Å². The number of hydrogen-bond acceptors (Lipinski definition) is 4.